The fourth-order valence-electron chi connectivity index (χ4n) is 2.36. The number of nitrogens with one attached hydrogen (secondary N) is 1. The third-order valence-corrected chi connectivity index (χ3v) is 3.94. The van der Waals surface area contributed by atoms with Crippen molar-refractivity contribution in [2.75, 3.05) is 6.54 Å². The zero-order chi connectivity index (χ0) is 14.9. The molecule has 0 aromatic heterocycles. The Balaban J connectivity index is 2.24. The number of carbonyl (C=O) groups is 2. The van der Waals surface area contributed by atoms with Gasteiger partial charge in [0.1, 0.15) is 0 Å². The van der Waals surface area contributed by atoms with Crippen LogP contribution in [0.3, 0.4) is 0 Å². The van der Waals surface area contributed by atoms with Crippen LogP contribution in [-0.4, -0.2) is 28.8 Å². The Morgan fingerprint density at radius 3 is 2.65 bits per heavy atom. The number of piperazine rings is 1. The van der Waals surface area contributed by atoms with Gasteiger partial charge in [0.25, 0.3) is 0 Å². The average Bonchev–Trinajstić information content (AvgIpc) is 2.38. The van der Waals surface area contributed by atoms with Gasteiger partial charge < -0.3 is 5.73 Å². The van der Waals surface area contributed by atoms with Crippen molar-refractivity contribution in [1.82, 2.24) is 10.2 Å². The van der Waals surface area contributed by atoms with E-state index >= 15 is 0 Å². The molecule has 0 saturated carbocycles. The number of rotatable bonds is 3. The predicted molar refractivity (Wildman–Crippen MR) is 76.7 cm³/mol. The second-order valence-electron chi connectivity index (χ2n) is 5.76. The van der Waals surface area contributed by atoms with Gasteiger partial charge in [-0.2, -0.15) is 0 Å². The molecule has 0 radical (unpaired) electrons. The maximum atomic E-state index is 11.9. The third kappa shape index (κ3) is 2.73. The number of benzene rings is 1. The molecule has 1 heterocycles. The van der Waals surface area contributed by atoms with Crippen LogP contribution in [0, 0.1) is 6.92 Å². The topological polar surface area (TPSA) is 75.4 Å². The molecule has 2 amide bonds. The Morgan fingerprint density at radius 1 is 1.35 bits per heavy atom. The van der Waals surface area contributed by atoms with Gasteiger partial charge in [0, 0.05) is 13.1 Å². The minimum Gasteiger partial charge on any atom is -0.326 e. The maximum Gasteiger partial charge on any atom is 0.246 e. The lowest BCUT2D eigenvalue weighted by atomic mass is 9.96. The molecule has 20 heavy (non-hydrogen) atoms. The highest BCUT2D eigenvalue weighted by atomic mass is 16.2. The Bertz CT molecular complexity index is 552. The van der Waals surface area contributed by atoms with E-state index in [-0.39, 0.29) is 18.4 Å². The summed E-state index contributed by atoms with van der Waals surface area (Å²) in [6, 6.07) is 6.06. The lowest BCUT2D eigenvalue weighted by Gasteiger charge is -2.40. The second kappa shape index (κ2) is 5.34. The molecule has 0 unspecified atom stereocenters. The van der Waals surface area contributed by atoms with Crippen LogP contribution in [0.15, 0.2) is 18.2 Å². The Kier molecular flexibility index (Phi) is 3.92. The molecule has 1 saturated heterocycles. The van der Waals surface area contributed by atoms with Crippen molar-refractivity contribution in [1.29, 1.82) is 0 Å². The van der Waals surface area contributed by atoms with E-state index < -0.39 is 5.54 Å². The van der Waals surface area contributed by atoms with Crippen molar-refractivity contribution in [2.24, 2.45) is 5.73 Å². The van der Waals surface area contributed by atoms with E-state index in [0.29, 0.717) is 13.1 Å². The lowest BCUT2D eigenvalue weighted by molar-refractivity contribution is -0.145. The van der Waals surface area contributed by atoms with Crippen molar-refractivity contribution in [2.45, 2.75) is 39.4 Å². The standard InChI is InChI=1S/C15H21N3O2/c1-10-6-11(7-16)4-5-12(10)8-18-9-13(19)17-14(20)15(18,2)3/h4-6H,7-9,16H2,1-3H3,(H,17,19,20). The van der Waals surface area contributed by atoms with E-state index in [9.17, 15) is 9.59 Å². The summed E-state index contributed by atoms with van der Waals surface area (Å²) in [6.07, 6.45) is 0. The smallest absolute Gasteiger partial charge is 0.246 e. The lowest BCUT2D eigenvalue weighted by Crippen LogP contribution is -2.63. The SMILES string of the molecule is Cc1cc(CN)ccc1CN1CC(=O)NC(=O)C1(C)C. The zero-order valence-corrected chi connectivity index (χ0v) is 12.2. The normalized spacial score (nSPS) is 19.0. The molecule has 1 aliphatic heterocycles. The molecule has 0 atom stereocenters. The van der Waals surface area contributed by atoms with E-state index in [1.165, 1.54) is 0 Å². The molecule has 1 aromatic rings. The summed E-state index contributed by atoms with van der Waals surface area (Å²) in [5, 5.41) is 2.38. The number of nitrogens with two attached hydrogens (primary N) is 1. The van der Waals surface area contributed by atoms with Gasteiger partial charge in [0.05, 0.1) is 12.1 Å². The molecule has 108 valence electrons. The van der Waals surface area contributed by atoms with Crippen LogP contribution in [-0.2, 0) is 22.7 Å². The quantitative estimate of drug-likeness (QED) is 0.796. The zero-order valence-electron chi connectivity index (χ0n) is 12.2. The summed E-state index contributed by atoms with van der Waals surface area (Å²) >= 11 is 0. The highest BCUT2D eigenvalue weighted by Gasteiger charge is 2.40. The highest BCUT2D eigenvalue weighted by Crippen LogP contribution is 2.22. The summed E-state index contributed by atoms with van der Waals surface area (Å²) in [5.41, 5.74) is 8.25. The Hall–Kier alpha value is -1.72. The molecular weight excluding hydrogens is 254 g/mol. The number of hydrogen-bond acceptors (Lipinski definition) is 4. The molecule has 1 aliphatic rings. The van der Waals surface area contributed by atoms with Gasteiger partial charge >= 0.3 is 0 Å². The predicted octanol–water partition coefficient (Wildman–Crippen LogP) is 0.691. The molecular formula is C15H21N3O2. The largest absolute Gasteiger partial charge is 0.326 e. The molecule has 0 spiro atoms. The van der Waals surface area contributed by atoms with Crippen LogP contribution in [0.2, 0.25) is 0 Å². The van der Waals surface area contributed by atoms with Crippen LogP contribution in [0.4, 0.5) is 0 Å². The third-order valence-electron chi connectivity index (χ3n) is 3.94. The van der Waals surface area contributed by atoms with E-state index in [2.05, 4.69) is 5.32 Å². The number of hydrogen-bond donors (Lipinski definition) is 2. The first kappa shape index (κ1) is 14.7. The summed E-state index contributed by atoms with van der Waals surface area (Å²) in [6.45, 7) is 7.00. The van der Waals surface area contributed by atoms with Crippen molar-refractivity contribution in [3.8, 4) is 0 Å². The van der Waals surface area contributed by atoms with Gasteiger partial charge in [-0.05, 0) is 37.5 Å². The van der Waals surface area contributed by atoms with E-state index in [4.69, 9.17) is 5.73 Å². The first-order chi connectivity index (χ1) is 9.34. The number of carbonyl (C=O) groups excluding carboxylic acids is 2. The van der Waals surface area contributed by atoms with E-state index in [0.717, 1.165) is 16.7 Å². The van der Waals surface area contributed by atoms with Gasteiger partial charge in [0.15, 0.2) is 0 Å². The van der Waals surface area contributed by atoms with Gasteiger partial charge in [-0.15, -0.1) is 0 Å². The van der Waals surface area contributed by atoms with Crippen LogP contribution in [0.1, 0.15) is 30.5 Å². The van der Waals surface area contributed by atoms with Crippen LogP contribution in [0.5, 0.6) is 0 Å². The number of imide groups is 1. The molecule has 5 nitrogen and oxygen atoms in total. The number of amides is 2. The monoisotopic (exact) mass is 275 g/mol. The van der Waals surface area contributed by atoms with Crippen molar-refractivity contribution < 1.29 is 9.59 Å². The second-order valence-corrected chi connectivity index (χ2v) is 5.76. The van der Waals surface area contributed by atoms with Gasteiger partial charge in [-0.1, -0.05) is 18.2 Å². The number of aryl methyl sites for hydroxylation is 1. The van der Waals surface area contributed by atoms with Gasteiger partial charge in [0.2, 0.25) is 11.8 Å². The van der Waals surface area contributed by atoms with Crippen LogP contribution >= 0.6 is 0 Å². The molecule has 1 fully saturated rings. The Labute approximate surface area is 119 Å². The average molecular weight is 275 g/mol. The molecule has 0 bridgehead atoms. The molecule has 0 aliphatic carbocycles. The first-order valence-electron chi connectivity index (χ1n) is 6.72. The summed E-state index contributed by atoms with van der Waals surface area (Å²) < 4.78 is 0. The minimum atomic E-state index is -0.688. The summed E-state index contributed by atoms with van der Waals surface area (Å²) in [5.74, 6) is -0.490. The van der Waals surface area contributed by atoms with Crippen molar-refractivity contribution in [3.05, 3.63) is 34.9 Å². The van der Waals surface area contributed by atoms with Gasteiger partial charge in [-0.3, -0.25) is 19.8 Å². The number of nitrogens with zero attached hydrogens (tertiary/aromatic N) is 1. The van der Waals surface area contributed by atoms with E-state index in [1.807, 2.05) is 43.9 Å². The minimum absolute atomic E-state index is 0.233. The fourth-order valence-corrected chi connectivity index (χ4v) is 2.36. The molecule has 1 aromatic carbocycles. The van der Waals surface area contributed by atoms with E-state index in [1.54, 1.807) is 0 Å². The highest BCUT2D eigenvalue weighted by molar-refractivity contribution is 6.02. The van der Waals surface area contributed by atoms with Crippen LogP contribution < -0.4 is 11.1 Å². The van der Waals surface area contributed by atoms with Crippen molar-refractivity contribution in [3.63, 3.8) is 0 Å². The summed E-state index contributed by atoms with van der Waals surface area (Å²) in [4.78, 5) is 25.4. The molecule has 5 heteroatoms. The van der Waals surface area contributed by atoms with Crippen LogP contribution in [0.25, 0.3) is 0 Å². The van der Waals surface area contributed by atoms with Crippen molar-refractivity contribution >= 4 is 11.8 Å². The van der Waals surface area contributed by atoms with Gasteiger partial charge in [-0.25, -0.2) is 0 Å². The summed E-state index contributed by atoms with van der Waals surface area (Å²) in [7, 11) is 0. The molecule has 2 rings (SSSR count). The maximum absolute atomic E-state index is 11.9. The fraction of sp³-hybridized carbons (Fsp3) is 0.467. The molecule has 3 N–H and O–H groups in total. The first-order valence-corrected chi connectivity index (χ1v) is 6.72. The Morgan fingerprint density at radius 2 is 2.05 bits per heavy atom.